The minimum atomic E-state index is -0.464. The van der Waals surface area contributed by atoms with E-state index in [1.54, 1.807) is 52.0 Å². The minimum Gasteiger partial charge on any atom is -0.454 e. The number of amides is 1. The van der Waals surface area contributed by atoms with Crippen LogP contribution in [0.4, 0.5) is 10.2 Å². The van der Waals surface area contributed by atoms with Gasteiger partial charge in [0.1, 0.15) is 11.3 Å². The lowest BCUT2D eigenvalue weighted by molar-refractivity contribution is -0.127. The molecule has 1 aliphatic rings. The fraction of sp³-hybridized carbons (Fsp3) is 0.200. The van der Waals surface area contributed by atoms with Gasteiger partial charge in [0.25, 0.3) is 5.56 Å². The van der Waals surface area contributed by atoms with E-state index in [2.05, 4.69) is 16.8 Å². The zero-order chi connectivity index (χ0) is 24.5. The summed E-state index contributed by atoms with van der Waals surface area (Å²) in [7, 11) is 0. The maximum absolute atomic E-state index is 13.9. The van der Waals surface area contributed by atoms with Gasteiger partial charge in [0.15, 0.2) is 17.4 Å². The van der Waals surface area contributed by atoms with Crippen LogP contribution in [0.15, 0.2) is 66.0 Å². The Kier molecular flexibility index (Phi) is 5.77. The van der Waals surface area contributed by atoms with Crippen molar-refractivity contribution < 1.29 is 13.9 Å². The van der Waals surface area contributed by atoms with Gasteiger partial charge in [-0.25, -0.2) is 14.2 Å². The molecule has 0 unspecified atom stereocenters. The number of aromatic nitrogens is 4. The molecule has 9 nitrogen and oxygen atoms in total. The molecule has 0 saturated carbocycles. The van der Waals surface area contributed by atoms with Crippen LogP contribution < -0.4 is 16.0 Å². The first kappa shape index (κ1) is 22.3. The van der Waals surface area contributed by atoms with E-state index in [1.807, 2.05) is 0 Å². The van der Waals surface area contributed by atoms with Crippen molar-refractivity contribution in [2.75, 3.05) is 18.8 Å². The quantitative estimate of drug-likeness (QED) is 0.427. The molecule has 1 saturated heterocycles. The standard InChI is InChI=1S/C25H23FN6O3/c1-2-20(33)31-13-5-6-15(14-31)22-21-23(24(27)28-29-25(21)34)32(30-22)16-9-11-17(12-10-16)35-19-8-4-3-7-18(19)26/h2-4,7-12,15H,1,5-6,13-14H2,(H2,27,28)(H,29,34)/t15-/m1/s1. The number of carbonyl (C=O) groups is 1. The molecule has 2 aromatic heterocycles. The van der Waals surface area contributed by atoms with E-state index in [0.717, 1.165) is 12.8 Å². The molecular formula is C25H23FN6O3. The highest BCUT2D eigenvalue weighted by Gasteiger charge is 2.30. The maximum atomic E-state index is 13.9. The lowest BCUT2D eigenvalue weighted by Gasteiger charge is -2.31. The first-order chi connectivity index (χ1) is 17.0. The van der Waals surface area contributed by atoms with Gasteiger partial charge in [-0.05, 0) is 55.3 Å². The smallest absolute Gasteiger partial charge is 0.275 e. The van der Waals surface area contributed by atoms with Crippen LogP contribution >= 0.6 is 0 Å². The summed E-state index contributed by atoms with van der Waals surface area (Å²) < 4.78 is 21.1. The summed E-state index contributed by atoms with van der Waals surface area (Å²) in [5, 5.41) is 11.5. The predicted molar refractivity (Wildman–Crippen MR) is 129 cm³/mol. The SMILES string of the molecule is C=CC(=O)N1CCC[C@@H](c2nn(-c3ccc(Oc4ccccc4F)cc3)c3c(N)n[nH]c(=O)c23)C1. The number of nitrogen functional groups attached to an aromatic ring is 1. The highest BCUT2D eigenvalue weighted by Crippen LogP contribution is 2.33. The molecule has 0 spiro atoms. The monoisotopic (exact) mass is 474 g/mol. The number of ether oxygens (including phenoxy) is 1. The number of halogens is 1. The van der Waals surface area contributed by atoms with Crippen molar-refractivity contribution in [2.24, 2.45) is 0 Å². The van der Waals surface area contributed by atoms with Crippen molar-refractivity contribution in [1.82, 2.24) is 24.9 Å². The average Bonchev–Trinajstić information content (AvgIpc) is 3.30. The van der Waals surface area contributed by atoms with Gasteiger partial charge >= 0.3 is 0 Å². The molecule has 1 fully saturated rings. The second-order valence-electron chi connectivity index (χ2n) is 8.31. The molecule has 0 bridgehead atoms. The number of nitrogens with two attached hydrogens (primary N) is 1. The second kappa shape index (κ2) is 9.05. The fourth-order valence-electron chi connectivity index (χ4n) is 4.43. The largest absolute Gasteiger partial charge is 0.454 e. The summed E-state index contributed by atoms with van der Waals surface area (Å²) >= 11 is 0. The molecule has 1 atom stereocenters. The third kappa shape index (κ3) is 4.14. The van der Waals surface area contributed by atoms with Crippen LogP contribution in [0.3, 0.4) is 0 Å². The number of hydrogen-bond donors (Lipinski definition) is 2. The summed E-state index contributed by atoms with van der Waals surface area (Å²) in [6, 6.07) is 13.0. The molecule has 4 aromatic rings. The van der Waals surface area contributed by atoms with E-state index < -0.39 is 11.4 Å². The Bertz CT molecular complexity index is 1480. The molecule has 5 rings (SSSR count). The first-order valence-corrected chi connectivity index (χ1v) is 11.2. The number of rotatable bonds is 5. The number of hydrogen-bond acceptors (Lipinski definition) is 6. The van der Waals surface area contributed by atoms with E-state index in [-0.39, 0.29) is 23.4 Å². The Hall–Kier alpha value is -4.47. The Balaban J connectivity index is 1.54. The van der Waals surface area contributed by atoms with Crippen molar-refractivity contribution in [3.05, 3.63) is 83.1 Å². The number of nitrogens with zero attached hydrogens (tertiary/aromatic N) is 4. The van der Waals surface area contributed by atoms with Crippen LogP contribution in [0.5, 0.6) is 11.5 Å². The minimum absolute atomic E-state index is 0.114. The lowest BCUT2D eigenvalue weighted by Crippen LogP contribution is -2.38. The van der Waals surface area contributed by atoms with Crippen molar-refractivity contribution in [2.45, 2.75) is 18.8 Å². The summed E-state index contributed by atoms with van der Waals surface area (Å²) in [5.41, 5.74) is 7.33. The molecule has 0 aliphatic carbocycles. The van der Waals surface area contributed by atoms with Gasteiger partial charge in [0.05, 0.1) is 16.8 Å². The van der Waals surface area contributed by atoms with Crippen molar-refractivity contribution in [1.29, 1.82) is 0 Å². The fourth-order valence-corrected chi connectivity index (χ4v) is 4.43. The van der Waals surface area contributed by atoms with Crippen LogP contribution in [0.25, 0.3) is 16.6 Å². The van der Waals surface area contributed by atoms with E-state index in [9.17, 15) is 14.0 Å². The van der Waals surface area contributed by atoms with Gasteiger partial charge in [0, 0.05) is 19.0 Å². The number of nitrogens with one attached hydrogen (secondary N) is 1. The van der Waals surface area contributed by atoms with Gasteiger partial charge in [-0.2, -0.15) is 10.2 Å². The highest BCUT2D eigenvalue weighted by molar-refractivity contribution is 5.91. The topological polar surface area (TPSA) is 119 Å². The Morgan fingerprint density at radius 3 is 2.74 bits per heavy atom. The second-order valence-corrected chi connectivity index (χ2v) is 8.31. The van der Waals surface area contributed by atoms with E-state index in [0.29, 0.717) is 41.1 Å². The number of aromatic amines is 1. The number of fused-ring (bicyclic) bond motifs is 1. The number of likely N-dealkylation sites (tertiary alicyclic amines) is 1. The highest BCUT2D eigenvalue weighted by atomic mass is 19.1. The molecule has 0 radical (unpaired) electrons. The molecule has 1 amide bonds. The number of anilines is 1. The van der Waals surface area contributed by atoms with Gasteiger partial charge < -0.3 is 15.4 Å². The number of para-hydroxylation sites is 1. The molecule has 3 heterocycles. The van der Waals surface area contributed by atoms with E-state index >= 15 is 0 Å². The number of benzene rings is 2. The molecule has 1 aliphatic heterocycles. The molecule has 35 heavy (non-hydrogen) atoms. The number of carbonyl (C=O) groups excluding carboxylic acids is 1. The van der Waals surface area contributed by atoms with Gasteiger partial charge in [0.2, 0.25) is 5.91 Å². The molecular weight excluding hydrogens is 451 g/mol. The third-order valence-corrected chi connectivity index (χ3v) is 6.10. The molecule has 3 N–H and O–H groups in total. The van der Waals surface area contributed by atoms with E-state index in [1.165, 1.54) is 12.1 Å². The number of H-pyrrole nitrogens is 1. The zero-order valence-corrected chi connectivity index (χ0v) is 18.8. The van der Waals surface area contributed by atoms with Gasteiger partial charge in [-0.15, -0.1) is 0 Å². The van der Waals surface area contributed by atoms with Crippen LogP contribution in [-0.4, -0.2) is 43.9 Å². The summed E-state index contributed by atoms with van der Waals surface area (Å²) in [6.07, 6.45) is 2.84. The van der Waals surface area contributed by atoms with Crippen molar-refractivity contribution >= 4 is 22.6 Å². The number of piperidine rings is 1. The molecule has 178 valence electrons. The first-order valence-electron chi connectivity index (χ1n) is 11.2. The van der Waals surface area contributed by atoms with E-state index in [4.69, 9.17) is 15.6 Å². The summed E-state index contributed by atoms with van der Waals surface area (Å²) in [5.74, 6) is -0.0936. The lowest BCUT2D eigenvalue weighted by atomic mass is 9.93. The van der Waals surface area contributed by atoms with Gasteiger partial charge in [-0.1, -0.05) is 18.7 Å². The zero-order valence-electron chi connectivity index (χ0n) is 18.8. The predicted octanol–water partition coefficient (Wildman–Crippen LogP) is 3.51. The summed E-state index contributed by atoms with van der Waals surface area (Å²) in [4.78, 5) is 26.7. The maximum Gasteiger partial charge on any atom is 0.275 e. The van der Waals surface area contributed by atoms with Crippen molar-refractivity contribution in [3.63, 3.8) is 0 Å². The van der Waals surface area contributed by atoms with Crippen LogP contribution in [0, 0.1) is 5.82 Å². The Morgan fingerprint density at radius 1 is 1.23 bits per heavy atom. The Labute approximate surface area is 199 Å². The van der Waals surface area contributed by atoms with Crippen molar-refractivity contribution in [3.8, 4) is 17.2 Å². The van der Waals surface area contributed by atoms with Crippen LogP contribution in [0.1, 0.15) is 24.5 Å². The average molecular weight is 474 g/mol. The van der Waals surface area contributed by atoms with Gasteiger partial charge in [-0.3, -0.25) is 9.59 Å². The normalized spacial score (nSPS) is 15.8. The Morgan fingerprint density at radius 2 is 2.00 bits per heavy atom. The van der Waals surface area contributed by atoms with Crippen LogP contribution in [-0.2, 0) is 4.79 Å². The molecule has 10 heteroatoms. The summed E-state index contributed by atoms with van der Waals surface area (Å²) in [6.45, 7) is 4.62. The molecule has 2 aromatic carbocycles. The third-order valence-electron chi connectivity index (χ3n) is 6.10. The van der Waals surface area contributed by atoms with Crippen LogP contribution in [0.2, 0.25) is 0 Å².